The van der Waals surface area contributed by atoms with Gasteiger partial charge in [0.25, 0.3) is 0 Å². The van der Waals surface area contributed by atoms with Crippen molar-refractivity contribution < 1.29 is 13.6 Å². The molecule has 0 radical (unpaired) electrons. The third kappa shape index (κ3) is 3.02. The van der Waals surface area contributed by atoms with Gasteiger partial charge in [-0.05, 0) is 50.5 Å². The van der Waals surface area contributed by atoms with Crippen LogP contribution < -0.4 is 0 Å². The number of allylic oxidation sites excluding steroid dienone is 3. The first-order chi connectivity index (χ1) is 15.4. The van der Waals surface area contributed by atoms with Crippen LogP contribution >= 0.6 is 0 Å². The average molecular weight is 419 g/mol. The van der Waals surface area contributed by atoms with Crippen molar-refractivity contribution in [2.45, 2.75) is 27.7 Å². The summed E-state index contributed by atoms with van der Waals surface area (Å²) in [5, 5.41) is 9.49. The number of rotatable bonds is 2. The number of benzene rings is 2. The lowest BCUT2D eigenvalue weighted by Crippen LogP contribution is -1.95. The molecule has 0 fully saturated rings. The Labute approximate surface area is 186 Å². The van der Waals surface area contributed by atoms with E-state index in [-0.39, 0.29) is 5.78 Å². The van der Waals surface area contributed by atoms with Gasteiger partial charge < -0.3 is 8.83 Å². The summed E-state index contributed by atoms with van der Waals surface area (Å²) < 4.78 is 12.1. The Morgan fingerprint density at radius 3 is 2.25 bits per heavy atom. The van der Waals surface area contributed by atoms with Gasteiger partial charge in [-0.3, -0.25) is 4.79 Å². The molecule has 0 atom stereocenters. The maximum atomic E-state index is 13.0. The smallest absolute Gasteiger partial charge is 0.194 e. The second-order valence-electron chi connectivity index (χ2n) is 8.31. The van der Waals surface area contributed by atoms with Crippen LogP contribution in [0, 0.1) is 32.1 Å². The summed E-state index contributed by atoms with van der Waals surface area (Å²) in [5.41, 5.74) is 8.84. The van der Waals surface area contributed by atoms with Crippen LogP contribution in [0.15, 0.2) is 68.5 Å². The predicted octanol–water partition coefficient (Wildman–Crippen LogP) is 7.20. The molecular weight excluding hydrogens is 398 g/mol. The quantitative estimate of drug-likeness (QED) is 0.255. The van der Waals surface area contributed by atoms with E-state index >= 15 is 0 Å². The van der Waals surface area contributed by atoms with E-state index in [2.05, 4.69) is 39.0 Å². The fourth-order valence-electron chi connectivity index (χ4n) is 4.66. The second kappa shape index (κ2) is 7.25. The van der Waals surface area contributed by atoms with Crippen LogP contribution in [0.1, 0.15) is 45.3 Å². The third-order valence-corrected chi connectivity index (χ3v) is 5.93. The number of Topliss-reactive ketones (excluding diaryl/α,β-unsaturated/α-hetero) is 1. The molecule has 2 aromatic carbocycles. The fraction of sp³-hybridized carbons (Fsp3) is 0.143. The lowest BCUT2D eigenvalue weighted by molar-refractivity contribution is 0.104. The number of hydrogen-bond acceptors (Lipinski definition) is 4. The van der Waals surface area contributed by atoms with Crippen molar-refractivity contribution in [1.29, 1.82) is 5.26 Å². The summed E-state index contributed by atoms with van der Waals surface area (Å²) >= 11 is 0. The Morgan fingerprint density at radius 1 is 0.938 bits per heavy atom. The number of carbonyl (C=O) groups is 1. The van der Waals surface area contributed by atoms with Crippen molar-refractivity contribution >= 4 is 28.6 Å². The Balaban J connectivity index is 1.59. The van der Waals surface area contributed by atoms with Crippen LogP contribution in [0.4, 0.5) is 0 Å². The lowest BCUT2D eigenvalue weighted by Gasteiger charge is -2.08. The van der Waals surface area contributed by atoms with Gasteiger partial charge in [0, 0.05) is 40.0 Å². The number of hydrogen-bond donors (Lipinski definition) is 0. The highest BCUT2D eigenvalue weighted by molar-refractivity contribution is 6.29. The number of nitriles is 1. The van der Waals surface area contributed by atoms with E-state index in [1.54, 1.807) is 25.1 Å². The van der Waals surface area contributed by atoms with Crippen LogP contribution in [0.2, 0.25) is 0 Å². The summed E-state index contributed by atoms with van der Waals surface area (Å²) in [6.07, 6.45) is 1.70. The van der Waals surface area contributed by atoms with Crippen molar-refractivity contribution in [1.82, 2.24) is 0 Å². The molecule has 0 saturated heterocycles. The summed E-state index contributed by atoms with van der Waals surface area (Å²) in [4.78, 5) is 13.0. The van der Waals surface area contributed by atoms with E-state index < -0.39 is 0 Å². The molecule has 0 spiro atoms. The maximum absolute atomic E-state index is 13.0. The van der Waals surface area contributed by atoms with Gasteiger partial charge in [-0.25, -0.2) is 0 Å². The molecule has 2 heterocycles. The second-order valence-corrected chi connectivity index (χ2v) is 8.31. The zero-order valence-corrected chi connectivity index (χ0v) is 18.4. The highest BCUT2D eigenvalue weighted by Crippen LogP contribution is 2.41. The molecule has 1 aliphatic carbocycles. The molecule has 32 heavy (non-hydrogen) atoms. The highest BCUT2D eigenvalue weighted by atomic mass is 16.4. The van der Waals surface area contributed by atoms with E-state index in [0.29, 0.717) is 39.2 Å². The maximum Gasteiger partial charge on any atom is 0.194 e. The standard InChI is InChI=1S/C28H21NO3/c1-15-9-16(2)26(17(3)10-15)25-13-24-23(32-25)12-19(31-24)11-22-27(18(4)14-29)20-7-5-6-8-21(20)28(22)30/h5-13H,1-4H3/b22-11-,27-18?. The molecule has 1 aliphatic rings. The van der Waals surface area contributed by atoms with Crippen molar-refractivity contribution in [3.8, 4) is 17.4 Å². The number of ketones is 1. The Kier molecular flexibility index (Phi) is 4.49. The van der Waals surface area contributed by atoms with E-state index in [0.717, 1.165) is 28.0 Å². The summed E-state index contributed by atoms with van der Waals surface area (Å²) in [7, 11) is 0. The van der Waals surface area contributed by atoms with Gasteiger partial charge in [0.2, 0.25) is 0 Å². The number of fused-ring (bicyclic) bond motifs is 2. The van der Waals surface area contributed by atoms with Gasteiger partial charge in [-0.2, -0.15) is 5.26 Å². The first-order valence-corrected chi connectivity index (χ1v) is 10.5. The predicted molar refractivity (Wildman–Crippen MR) is 125 cm³/mol. The van der Waals surface area contributed by atoms with E-state index in [4.69, 9.17) is 8.83 Å². The molecule has 5 rings (SSSR count). The summed E-state index contributed by atoms with van der Waals surface area (Å²) in [5.74, 6) is 1.17. The molecule has 0 N–H and O–H groups in total. The minimum absolute atomic E-state index is 0.107. The number of carbonyl (C=O) groups excluding carboxylic acids is 1. The largest absolute Gasteiger partial charge is 0.453 e. The minimum Gasteiger partial charge on any atom is -0.453 e. The molecule has 4 heteroatoms. The van der Waals surface area contributed by atoms with Crippen molar-refractivity contribution in [2.75, 3.05) is 0 Å². The highest BCUT2D eigenvalue weighted by Gasteiger charge is 2.31. The van der Waals surface area contributed by atoms with Gasteiger partial charge in [0.15, 0.2) is 16.9 Å². The molecule has 156 valence electrons. The van der Waals surface area contributed by atoms with Crippen molar-refractivity contribution in [3.05, 3.63) is 93.3 Å². The lowest BCUT2D eigenvalue weighted by atomic mass is 9.98. The molecule has 0 amide bonds. The van der Waals surface area contributed by atoms with E-state index in [1.165, 1.54) is 5.56 Å². The monoisotopic (exact) mass is 419 g/mol. The van der Waals surface area contributed by atoms with Crippen LogP contribution in [0.3, 0.4) is 0 Å². The zero-order chi connectivity index (χ0) is 22.6. The van der Waals surface area contributed by atoms with Crippen LogP contribution in [0.5, 0.6) is 0 Å². The molecule has 0 bridgehead atoms. The van der Waals surface area contributed by atoms with Crippen LogP contribution in [-0.4, -0.2) is 5.78 Å². The molecule has 2 aromatic heterocycles. The van der Waals surface area contributed by atoms with E-state index in [1.807, 2.05) is 24.3 Å². The van der Waals surface area contributed by atoms with Crippen molar-refractivity contribution in [3.63, 3.8) is 0 Å². The van der Waals surface area contributed by atoms with E-state index in [9.17, 15) is 10.1 Å². The van der Waals surface area contributed by atoms with Crippen molar-refractivity contribution in [2.24, 2.45) is 0 Å². The van der Waals surface area contributed by atoms with Gasteiger partial charge in [0.05, 0.1) is 6.07 Å². The van der Waals surface area contributed by atoms with Gasteiger partial charge in [-0.1, -0.05) is 42.0 Å². The van der Waals surface area contributed by atoms with Gasteiger partial charge in [0.1, 0.15) is 11.5 Å². The Hall–Kier alpha value is -4.10. The topological polar surface area (TPSA) is 67.1 Å². The number of aryl methyl sites for hydroxylation is 3. The minimum atomic E-state index is -0.107. The molecular formula is C28H21NO3. The Morgan fingerprint density at radius 2 is 1.59 bits per heavy atom. The molecule has 0 unspecified atom stereocenters. The molecule has 4 aromatic rings. The first-order valence-electron chi connectivity index (χ1n) is 10.5. The number of nitrogens with zero attached hydrogens (tertiary/aromatic N) is 1. The zero-order valence-electron chi connectivity index (χ0n) is 18.4. The summed E-state index contributed by atoms with van der Waals surface area (Å²) in [6.45, 7) is 7.95. The van der Waals surface area contributed by atoms with Gasteiger partial charge >= 0.3 is 0 Å². The molecule has 4 nitrogen and oxygen atoms in total. The third-order valence-electron chi connectivity index (χ3n) is 5.93. The van der Waals surface area contributed by atoms with Gasteiger partial charge in [-0.15, -0.1) is 0 Å². The SMILES string of the molecule is CC(C#N)=C1/C(=C/c2cc3oc(-c4c(C)cc(C)cc4C)cc3o2)C(=O)c2ccccc21. The Bertz CT molecular complexity index is 1480. The molecule has 0 saturated carbocycles. The fourth-order valence-corrected chi connectivity index (χ4v) is 4.66. The number of furan rings is 2. The first kappa shape index (κ1) is 19.8. The average Bonchev–Trinajstić information content (AvgIpc) is 3.38. The summed E-state index contributed by atoms with van der Waals surface area (Å²) in [6, 6.07) is 17.5. The molecule has 0 aliphatic heterocycles. The normalized spacial score (nSPS) is 16.0. The van der Waals surface area contributed by atoms with Crippen LogP contribution in [-0.2, 0) is 0 Å². The van der Waals surface area contributed by atoms with Crippen LogP contribution in [0.25, 0.3) is 34.1 Å².